The number of carbonyl (C=O) groups is 2. The summed E-state index contributed by atoms with van der Waals surface area (Å²) in [6, 6.07) is 0. The number of imide groups is 1. The Morgan fingerprint density at radius 3 is 2.41 bits per heavy atom. The van der Waals surface area contributed by atoms with Crippen molar-refractivity contribution in [3.05, 3.63) is 0 Å². The van der Waals surface area contributed by atoms with E-state index < -0.39 is 5.25 Å². The Balaban J connectivity index is 2.06. The van der Waals surface area contributed by atoms with E-state index in [1.165, 1.54) is 4.90 Å². The molecule has 17 heavy (non-hydrogen) atoms. The molecule has 7 heteroatoms. The van der Waals surface area contributed by atoms with E-state index in [4.69, 9.17) is 15.2 Å². The second kappa shape index (κ2) is 7.65. The number of amides is 2. The van der Waals surface area contributed by atoms with Crippen molar-refractivity contribution in [1.82, 2.24) is 4.90 Å². The molecule has 2 amide bonds. The maximum atomic E-state index is 11.5. The van der Waals surface area contributed by atoms with Crippen molar-refractivity contribution in [3.8, 4) is 0 Å². The van der Waals surface area contributed by atoms with Crippen molar-refractivity contribution < 1.29 is 19.1 Å². The SMILES string of the molecule is NCCOCCOCCN1C(=O)CC(S)C1=O. The molecule has 0 spiro atoms. The van der Waals surface area contributed by atoms with Gasteiger partial charge in [-0.3, -0.25) is 14.5 Å². The molecular weight excluding hydrogens is 244 g/mol. The first-order valence-electron chi connectivity index (χ1n) is 5.54. The molecule has 0 aliphatic carbocycles. The average Bonchev–Trinajstić information content (AvgIpc) is 2.54. The monoisotopic (exact) mass is 262 g/mol. The van der Waals surface area contributed by atoms with Crippen molar-refractivity contribution in [3.63, 3.8) is 0 Å². The van der Waals surface area contributed by atoms with Gasteiger partial charge in [-0.15, -0.1) is 0 Å². The number of nitrogens with two attached hydrogens (primary N) is 1. The summed E-state index contributed by atoms with van der Waals surface area (Å²) in [4.78, 5) is 24.0. The van der Waals surface area contributed by atoms with Gasteiger partial charge in [-0.25, -0.2) is 0 Å². The first kappa shape index (κ1) is 14.4. The molecule has 1 aliphatic heterocycles. The number of nitrogens with zero attached hydrogens (tertiary/aromatic N) is 1. The second-order valence-electron chi connectivity index (χ2n) is 3.62. The molecule has 0 bridgehead atoms. The Bertz CT molecular complexity index is 275. The highest BCUT2D eigenvalue weighted by atomic mass is 32.1. The summed E-state index contributed by atoms with van der Waals surface area (Å²) < 4.78 is 10.3. The molecule has 1 rings (SSSR count). The number of carbonyl (C=O) groups excluding carboxylic acids is 2. The van der Waals surface area contributed by atoms with E-state index in [1.807, 2.05) is 0 Å². The van der Waals surface area contributed by atoms with Gasteiger partial charge in [0.15, 0.2) is 0 Å². The maximum Gasteiger partial charge on any atom is 0.242 e. The first-order valence-corrected chi connectivity index (χ1v) is 6.06. The molecule has 1 aliphatic rings. The van der Waals surface area contributed by atoms with Crippen molar-refractivity contribution >= 4 is 24.4 Å². The molecule has 0 saturated carbocycles. The minimum atomic E-state index is -0.490. The van der Waals surface area contributed by atoms with Gasteiger partial charge < -0.3 is 15.2 Å². The van der Waals surface area contributed by atoms with E-state index >= 15 is 0 Å². The molecule has 1 unspecified atom stereocenters. The van der Waals surface area contributed by atoms with Crippen LogP contribution in [-0.4, -0.2) is 61.5 Å². The highest BCUT2D eigenvalue weighted by Crippen LogP contribution is 2.16. The molecule has 1 saturated heterocycles. The molecule has 6 nitrogen and oxygen atoms in total. The fourth-order valence-electron chi connectivity index (χ4n) is 1.46. The van der Waals surface area contributed by atoms with E-state index in [1.54, 1.807) is 0 Å². The van der Waals surface area contributed by atoms with Crippen LogP contribution in [0.1, 0.15) is 6.42 Å². The zero-order valence-corrected chi connectivity index (χ0v) is 10.5. The highest BCUT2D eigenvalue weighted by Gasteiger charge is 2.35. The normalized spacial score (nSPS) is 20.4. The Hall–Kier alpha value is -0.630. The average molecular weight is 262 g/mol. The lowest BCUT2D eigenvalue weighted by Crippen LogP contribution is -2.34. The van der Waals surface area contributed by atoms with Crippen LogP contribution in [0.25, 0.3) is 0 Å². The predicted octanol–water partition coefficient (Wildman–Crippen LogP) is -0.964. The third-order valence-corrected chi connectivity index (χ3v) is 2.72. The molecule has 1 atom stereocenters. The summed E-state index contributed by atoms with van der Waals surface area (Å²) >= 11 is 4.02. The fourth-order valence-corrected chi connectivity index (χ4v) is 1.76. The summed E-state index contributed by atoms with van der Waals surface area (Å²) in [6.07, 6.45) is 0.182. The fraction of sp³-hybridized carbons (Fsp3) is 0.800. The Labute approximate surface area is 106 Å². The van der Waals surface area contributed by atoms with Gasteiger partial charge in [0.1, 0.15) is 0 Å². The van der Waals surface area contributed by atoms with Crippen LogP contribution in [0.5, 0.6) is 0 Å². The minimum Gasteiger partial charge on any atom is -0.378 e. The molecule has 1 fully saturated rings. The number of ether oxygens (including phenoxy) is 2. The van der Waals surface area contributed by atoms with Crippen molar-refractivity contribution in [2.45, 2.75) is 11.7 Å². The van der Waals surface area contributed by atoms with Gasteiger partial charge in [0.25, 0.3) is 0 Å². The quantitative estimate of drug-likeness (QED) is 0.334. The minimum absolute atomic E-state index is 0.182. The molecule has 0 radical (unpaired) electrons. The van der Waals surface area contributed by atoms with Crippen LogP contribution in [0.15, 0.2) is 0 Å². The van der Waals surface area contributed by atoms with Gasteiger partial charge in [-0.2, -0.15) is 12.6 Å². The lowest BCUT2D eigenvalue weighted by molar-refractivity contribution is -0.139. The van der Waals surface area contributed by atoms with Crippen LogP contribution in [0, 0.1) is 0 Å². The van der Waals surface area contributed by atoms with Crippen molar-refractivity contribution in [1.29, 1.82) is 0 Å². The van der Waals surface area contributed by atoms with Crippen LogP contribution < -0.4 is 5.73 Å². The van der Waals surface area contributed by atoms with E-state index in [9.17, 15) is 9.59 Å². The third-order valence-electron chi connectivity index (χ3n) is 2.31. The van der Waals surface area contributed by atoms with E-state index in [0.29, 0.717) is 33.0 Å². The zero-order valence-electron chi connectivity index (χ0n) is 9.63. The largest absolute Gasteiger partial charge is 0.378 e. The summed E-state index contributed by atoms with van der Waals surface area (Å²) in [7, 11) is 0. The van der Waals surface area contributed by atoms with Crippen molar-refractivity contribution in [2.75, 3.05) is 39.5 Å². The topological polar surface area (TPSA) is 81.9 Å². The summed E-state index contributed by atoms with van der Waals surface area (Å²) in [5.41, 5.74) is 5.24. The summed E-state index contributed by atoms with van der Waals surface area (Å²) in [5, 5.41) is -0.490. The summed E-state index contributed by atoms with van der Waals surface area (Å²) in [6.45, 7) is 2.50. The predicted molar refractivity (Wildman–Crippen MR) is 64.8 cm³/mol. The molecular formula is C10H18N2O4S. The van der Waals surface area contributed by atoms with Crippen LogP contribution in [0.4, 0.5) is 0 Å². The van der Waals surface area contributed by atoms with Crippen molar-refractivity contribution in [2.24, 2.45) is 5.73 Å². The lowest BCUT2D eigenvalue weighted by atomic mass is 10.4. The maximum absolute atomic E-state index is 11.5. The molecule has 0 aromatic rings. The first-order chi connectivity index (χ1) is 8.16. The molecule has 1 heterocycles. The smallest absolute Gasteiger partial charge is 0.242 e. The van der Waals surface area contributed by atoms with Gasteiger partial charge in [0.2, 0.25) is 11.8 Å². The third kappa shape index (κ3) is 4.63. The summed E-state index contributed by atoms with van der Waals surface area (Å²) in [5.74, 6) is -0.417. The van der Waals surface area contributed by atoms with Crippen LogP contribution >= 0.6 is 12.6 Å². The standard InChI is InChI=1S/C10H18N2O4S/c11-1-3-15-5-6-16-4-2-12-9(13)7-8(17)10(12)14/h8,17H,1-7,11H2. The Morgan fingerprint density at radius 2 is 1.88 bits per heavy atom. The van der Waals surface area contributed by atoms with Gasteiger partial charge in [0, 0.05) is 13.0 Å². The van der Waals surface area contributed by atoms with Gasteiger partial charge in [-0.1, -0.05) is 0 Å². The molecule has 0 aromatic heterocycles. The van der Waals surface area contributed by atoms with Crippen LogP contribution in [-0.2, 0) is 19.1 Å². The van der Waals surface area contributed by atoms with Crippen LogP contribution in [0.3, 0.4) is 0 Å². The number of thiol groups is 1. The molecule has 0 aromatic carbocycles. The Kier molecular flexibility index (Phi) is 6.49. The number of hydrogen-bond acceptors (Lipinski definition) is 6. The van der Waals surface area contributed by atoms with E-state index in [0.717, 1.165) is 0 Å². The lowest BCUT2D eigenvalue weighted by Gasteiger charge is -2.14. The van der Waals surface area contributed by atoms with Crippen LogP contribution in [0.2, 0.25) is 0 Å². The molecule has 98 valence electrons. The van der Waals surface area contributed by atoms with Gasteiger partial charge in [0.05, 0.1) is 38.2 Å². The van der Waals surface area contributed by atoms with Gasteiger partial charge >= 0.3 is 0 Å². The number of rotatable bonds is 8. The van der Waals surface area contributed by atoms with E-state index in [-0.39, 0.29) is 24.8 Å². The Morgan fingerprint density at radius 1 is 1.24 bits per heavy atom. The molecule has 2 N–H and O–H groups in total. The highest BCUT2D eigenvalue weighted by molar-refractivity contribution is 7.81. The number of likely N-dealkylation sites (tertiary alicyclic amines) is 1. The number of hydrogen-bond donors (Lipinski definition) is 2. The van der Waals surface area contributed by atoms with Gasteiger partial charge in [-0.05, 0) is 0 Å². The zero-order chi connectivity index (χ0) is 12.7. The second-order valence-corrected chi connectivity index (χ2v) is 4.24. The van der Waals surface area contributed by atoms with E-state index in [2.05, 4.69) is 12.6 Å².